The highest BCUT2D eigenvalue weighted by atomic mass is 19.4. The van der Waals surface area contributed by atoms with E-state index >= 15 is 0 Å². The number of Topliss-reactive ketones (excluding diaryl/α,β-unsaturated/α-hetero) is 1. The SMILES string of the molecule is CC(C)(C)OC(=O)NC(=NCCCC(NC(=O)Cn1cncc(NC(=O)OCc2ccccc2)c1=O)C(=O)C(F)(F)F)NC(=O)OC(C)(C)C. The van der Waals surface area contributed by atoms with Crippen LogP contribution in [0.5, 0.6) is 0 Å². The van der Waals surface area contributed by atoms with Crippen molar-refractivity contribution in [2.75, 3.05) is 11.9 Å². The van der Waals surface area contributed by atoms with E-state index in [9.17, 15) is 41.9 Å². The molecule has 0 fully saturated rings. The van der Waals surface area contributed by atoms with E-state index in [1.165, 1.54) is 0 Å². The number of carbonyl (C=O) groups is 5. The Labute approximate surface area is 285 Å². The maximum Gasteiger partial charge on any atom is 0.452 e. The molecule has 4 amide bonds. The molecular formula is C31H40F3N7O9. The molecule has 0 saturated heterocycles. The average molecular weight is 712 g/mol. The van der Waals surface area contributed by atoms with Crippen LogP contribution in [-0.2, 0) is 37.0 Å². The van der Waals surface area contributed by atoms with Gasteiger partial charge < -0.3 is 19.5 Å². The van der Waals surface area contributed by atoms with Crippen molar-refractivity contribution in [1.29, 1.82) is 0 Å². The number of benzene rings is 1. The second-order valence-electron chi connectivity index (χ2n) is 12.5. The molecule has 0 aliphatic heterocycles. The van der Waals surface area contributed by atoms with Gasteiger partial charge in [0.25, 0.3) is 11.3 Å². The van der Waals surface area contributed by atoms with Gasteiger partial charge in [0.05, 0.1) is 18.6 Å². The molecule has 1 atom stereocenters. The molecule has 1 aromatic heterocycles. The van der Waals surface area contributed by atoms with Gasteiger partial charge in [0.15, 0.2) is 0 Å². The predicted octanol–water partition coefficient (Wildman–Crippen LogP) is 3.79. The zero-order chi connectivity index (χ0) is 37.7. The van der Waals surface area contributed by atoms with Crippen molar-refractivity contribution in [2.45, 2.75) is 91.0 Å². The molecule has 50 heavy (non-hydrogen) atoms. The second kappa shape index (κ2) is 17.8. The summed E-state index contributed by atoms with van der Waals surface area (Å²) in [6.45, 7) is 8.21. The summed E-state index contributed by atoms with van der Waals surface area (Å²) in [6.07, 6.45) is -7.27. The number of alkyl carbamates (subject to hydrolysis) is 2. The lowest BCUT2D eigenvalue weighted by Gasteiger charge is -2.22. The molecule has 2 rings (SSSR count). The molecule has 274 valence electrons. The first-order valence-corrected chi connectivity index (χ1v) is 15.1. The largest absolute Gasteiger partial charge is 0.452 e. The average Bonchev–Trinajstić information content (AvgIpc) is 2.97. The lowest BCUT2D eigenvalue weighted by molar-refractivity contribution is -0.174. The molecule has 4 N–H and O–H groups in total. The zero-order valence-electron chi connectivity index (χ0n) is 28.3. The van der Waals surface area contributed by atoms with Gasteiger partial charge in [0, 0.05) is 6.54 Å². The molecule has 2 aromatic rings. The van der Waals surface area contributed by atoms with Crippen molar-refractivity contribution in [2.24, 2.45) is 4.99 Å². The van der Waals surface area contributed by atoms with Crippen LogP contribution in [0.3, 0.4) is 0 Å². The van der Waals surface area contributed by atoms with E-state index in [-0.39, 0.29) is 25.3 Å². The van der Waals surface area contributed by atoms with Crippen LogP contribution in [0.2, 0.25) is 0 Å². The molecule has 16 nitrogen and oxygen atoms in total. The van der Waals surface area contributed by atoms with E-state index in [0.29, 0.717) is 10.1 Å². The van der Waals surface area contributed by atoms with Crippen LogP contribution in [0.25, 0.3) is 0 Å². The Bertz CT molecular complexity index is 1570. The highest BCUT2D eigenvalue weighted by Crippen LogP contribution is 2.20. The lowest BCUT2D eigenvalue weighted by Crippen LogP contribution is -2.48. The summed E-state index contributed by atoms with van der Waals surface area (Å²) >= 11 is 0. The number of nitrogens with zero attached hydrogens (tertiary/aromatic N) is 3. The van der Waals surface area contributed by atoms with E-state index in [0.717, 1.165) is 12.5 Å². The molecule has 0 aliphatic rings. The summed E-state index contributed by atoms with van der Waals surface area (Å²) in [7, 11) is 0. The molecule has 0 radical (unpaired) electrons. The third-order valence-electron chi connectivity index (χ3n) is 5.76. The van der Waals surface area contributed by atoms with Gasteiger partial charge in [-0.3, -0.25) is 39.9 Å². The Morgan fingerprint density at radius 1 is 0.900 bits per heavy atom. The van der Waals surface area contributed by atoms with E-state index in [1.807, 2.05) is 5.32 Å². The summed E-state index contributed by atoms with van der Waals surface area (Å²) in [5.74, 6) is -3.86. The van der Waals surface area contributed by atoms with Gasteiger partial charge in [-0.15, -0.1) is 0 Å². The Kier molecular flexibility index (Phi) is 14.5. The van der Waals surface area contributed by atoms with Crippen LogP contribution >= 0.6 is 0 Å². The third kappa shape index (κ3) is 15.6. The highest BCUT2D eigenvalue weighted by Gasteiger charge is 2.43. The van der Waals surface area contributed by atoms with Crippen molar-refractivity contribution >= 4 is 41.6 Å². The smallest absolute Gasteiger partial charge is 0.444 e. The summed E-state index contributed by atoms with van der Waals surface area (Å²) in [4.78, 5) is 82.1. The Morgan fingerprint density at radius 3 is 2.02 bits per heavy atom. The third-order valence-corrected chi connectivity index (χ3v) is 5.76. The fraction of sp³-hybridized carbons (Fsp3) is 0.484. The summed E-state index contributed by atoms with van der Waals surface area (Å²) in [5, 5.41) is 8.57. The van der Waals surface area contributed by atoms with Crippen LogP contribution in [0.1, 0.15) is 59.9 Å². The summed E-state index contributed by atoms with van der Waals surface area (Å²) in [6, 6.07) is 6.56. The first-order chi connectivity index (χ1) is 23.1. The number of rotatable bonds is 11. The number of guanidine groups is 1. The number of ether oxygens (including phenoxy) is 3. The minimum absolute atomic E-state index is 0.106. The summed E-state index contributed by atoms with van der Waals surface area (Å²) in [5.41, 5.74) is -2.47. The van der Waals surface area contributed by atoms with Crippen LogP contribution in [-0.4, -0.2) is 75.4 Å². The molecule has 1 aromatic carbocycles. The topological polar surface area (TPSA) is 208 Å². The van der Waals surface area contributed by atoms with Crippen molar-refractivity contribution in [3.8, 4) is 0 Å². The number of hydrogen-bond donors (Lipinski definition) is 4. The van der Waals surface area contributed by atoms with E-state index in [4.69, 9.17) is 14.2 Å². The van der Waals surface area contributed by atoms with Crippen molar-refractivity contribution in [3.05, 3.63) is 58.8 Å². The van der Waals surface area contributed by atoms with Gasteiger partial charge in [-0.05, 0) is 59.9 Å². The number of alkyl halides is 3. The van der Waals surface area contributed by atoms with Crippen LogP contribution in [0.15, 0.2) is 52.6 Å². The minimum atomic E-state index is -5.33. The number of halogens is 3. The van der Waals surface area contributed by atoms with E-state index in [2.05, 4.69) is 25.9 Å². The monoisotopic (exact) mass is 711 g/mol. The number of aliphatic imine (C=N–C) groups is 1. The van der Waals surface area contributed by atoms with Gasteiger partial charge in [0.1, 0.15) is 30.0 Å². The Morgan fingerprint density at radius 2 is 1.48 bits per heavy atom. The zero-order valence-corrected chi connectivity index (χ0v) is 28.3. The van der Waals surface area contributed by atoms with Gasteiger partial charge in [-0.1, -0.05) is 30.3 Å². The number of carbonyl (C=O) groups excluding carboxylic acids is 5. The molecular weight excluding hydrogens is 671 g/mol. The second-order valence-corrected chi connectivity index (χ2v) is 12.5. The standard InChI is InChI=1S/C31H40F3N7O9/c1-29(2,3)49-27(46)39-25(40-28(47)50-30(4,5)6)36-14-10-13-20(23(43)31(32,33)34)37-22(42)16-41-18-35-15-21(24(41)44)38-26(45)48-17-19-11-8-7-9-12-19/h7-9,11-12,15,18,20H,10,13-14,16-17H2,1-6H3,(H,37,42)(H,38,45)(H2,36,39,40,46,47). The van der Waals surface area contributed by atoms with E-state index in [1.54, 1.807) is 71.9 Å². The number of amides is 4. The highest BCUT2D eigenvalue weighted by molar-refractivity contribution is 6.01. The molecule has 19 heteroatoms. The van der Waals surface area contributed by atoms with Crippen molar-refractivity contribution < 1.29 is 51.4 Å². The lowest BCUT2D eigenvalue weighted by atomic mass is 10.1. The number of anilines is 1. The molecule has 0 saturated carbocycles. The molecule has 0 spiro atoms. The number of aromatic nitrogens is 2. The van der Waals surface area contributed by atoms with Crippen LogP contribution in [0, 0.1) is 0 Å². The number of ketones is 1. The van der Waals surface area contributed by atoms with Crippen molar-refractivity contribution in [3.63, 3.8) is 0 Å². The van der Waals surface area contributed by atoms with Gasteiger partial charge in [-0.2, -0.15) is 13.2 Å². The molecule has 1 heterocycles. The Hall–Kier alpha value is -5.49. The fourth-order valence-electron chi connectivity index (χ4n) is 3.78. The van der Waals surface area contributed by atoms with Crippen LogP contribution < -0.4 is 26.8 Å². The fourth-order valence-corrected chi connectivity index (χ4v) is 3.78. The predicted molar refractivity (Wildman–Crippen MR) is 172 cm³/mol. The quantitative estimate of drug-likeness (QED) is 0.115. The van der Waals surface area contributed by atoms with Gasteiger partial charge >= 0.3 is 24.5 Å². The van der Waals surface area contributed by atoms with Gasteiger partial charge in [-0.25, -0.2) is 19.4 Å². The minimum Gasteiger partial charge on any atom is -0.444 e. The first-order valence-electron chi connectivity index (χ1n) is 15.1. The van der Waals surface area contributed by atoms with Crippen LogP contribution in [0.4, 0.5) is 33.2 Å². The normalized spacial score (nSPS) is 12.1. The maximum absolute atomic E-state index is 13.4. The molecule has 0 aliphatic carbocycles. The molecule has 1 unspecified atom stereocenters. The number of hydrogen-bond acceptors (Lipinski definition) is 11. The molecule has 0 bridgehead atoms. The summed E-state index contributed by atoms with van der Waals surface area (Å²) < 4.78 is 56.2. The van der Waals surface area contributed by atoms with E-state index < -0.39 is 77.9 Å². The maximum atomic E-state index is 13.4. The number of nitrogens with one attached hydrogen (secondary N) is 4. The van der Waals surface area contributed by atoms with Crippen molar-refractivity contribution in [1.82, 2.24) is 25.5 Å². The Balaban J connectivity index is 2.10. The van der Waals surface area contributed by atoms with Gasteiger partial charge in [0.2, 0.25) is 11.9 Å². The first kappa shape index (κ1) is 40.7.